The van der Waals surface area contributed by atoms with Gasteiger partial charge in [-0.25, -0.2) is 4.79 Å². The molecule has 0 saturated carbocycles. The molecule has 1 fully saturated rings. The molecule has 1 unspecified atom stereocenters. The lowest BCUT2D eigenvalue weighted by Crippen LogP contribution is -2.49. The molecule has 1 N–H and O–H groups in total. The van der Waals surface area contributed by atoms with Crippen LogP contribution in [0.3, 0.4) is 0 Å². The highest BCUT2D eigenvalue weighted by Gasteiger charge is 2.23. The third-order valence-electron chi connectivity index (χ3n) is 7.30. The molecule has 3 aromatic rings. The first-order valence-corrected chi connectivity index (χ1v) is 13.0. The summed E-state index contributed by atoms with van der Waals surface area (Å²) in [5, 5.41) is 5.43. The Kier molecular flexibility index (Phi) is 6.61. The Bertz CT molecular complexity index is 1470. The van der Waals surface area contributed by atoms with E-state index in [2.05, 4.69) is 77.0 Å². The maximum absolute atomic E-state index is 12.6. The summed E-state index contributed by atoms with van der Waals surface area (Å²) in [4.78, 5) is 16.9. The molecule has 2 amide bonds. The number of para-hydroxylation sites is 1. The average Bonchev–Trinajstić information content (AvgIpc) is 2.94. The molecule has 0 spiro atoms. The Balaban J connectivity index is 1.11. The minimum atomic E-state index is -0.0326. The zero-order valence-electron chi connectivity index (χ0n) is 20.8. The molecule has 2 aliphatic carbocycles. The van der Waals surface area contributed by atoms with Crippen molar-refractivity contribution in [2.75, 3.05) is 31.5 Å². The van der Waals surface area contributed by atoms with Gasteiger partial charge in [-0.2, -0.15) is 0 Å². The van der Waals surface area contributed by atoms with E-state index in [4.69, 9.17) is 4.74 Å². The van der Waals surface area contributed by atoms with E-state index >= 15 is 0 Å². The van der Waals surface area contributed by atoms with Gasteiger partial charge in [0.25, 0.3) is 0 Å². The van der Waals surface area contributed by atoms with Crippen LogP contribution in [0.2, 0.25) is 0 Å². The number of fused-ring (bicyclic) bond motifs is 2. The molecule has 6 rings (SSSR count). The van der Waals surface area contributed by atoms with Crippen molar-refractivity contribution in [1.82, 2.24) is 9.80 Å². The van der Waals surface area contributed by atoms with Crippen molar-refractivity contribution in [3.8, 4) is 5.75 Å². The second-order valence-corrected chi connectivity index (χ2v) is 9.79. The van der Waals surface area contributed by atoms with Gasteiger partial charge in [0.1, 0.15) is 11.5 Å². The van der Waals surface area contributed by atoms with Crippen molar-refractivity contribution in [2.45, 2.75) is 13.0 Å². The van der Waals surface area contributed by atoms with Gasteiger partial charge in [-0.1, -0.05) is 78.9 Å². The molecule has 1 saturated heterocycles. The number of hydrogen-bond donors (Lipinski definition) is 1. The van der Waals surface area contributed by atoms with Crippen molar-refractivity contribution >= 4 is 23.1 Å². The highest BCUT2D eigenvalue weighted by molar-refractivity contribution is 5.89. The van der Waals surface area contributed by atoms with Crippen LogP contribution in [0, 0.1) is 5.92 Å². The fraction of sp³-hybridized carbons (Fsp3) is 0.219. The van der Waals surface area contributed by atoms with Gasteiger partial charge in [0.15, 0.2) is 0 Å². The predicted molar refractivity (Wildman–Crippen MR) is 148 cm³/mol. The number of benzene rings is 3. The van der Waals surface area contributed by atoms with Crippen molar-refractivity contribution in [1.29, 1.82) is 0 Å². The van der Waals surface area contributed by atoms with Gasteiger partial charge in [0.2, 0.25) is 0 Å². The molecule has 0 bridgehead atoms. The number of carbonyl (C=O) groups excluding carboxylic acids is 1. The maximum Gasteiger partial charge on any atom is 0.321 e. The third kappa shape index (κ3) is 5.23. The topological polar surface area (TPSA) is 44.8 Å². The standard InChI is InChI=1S/C32H31N3O2/c36-32(33-26-11-2-1-3-12-26)35-19-17-34(18-20-35)23-24-9-8-13-27(21-24)37-31-22-25-10-4-5-14-28(25)29-15-6-7-16-30(29)31/h1-16,21,25H,17-20,22-23H2,(H,33,36). The summed E-state index contributed by atoms with van der Waals surface area (Å²) in [6.45, 7) is 3.96. The highest BCUT2D eigenvalue weighted by Crippen LogP contribution is 2.29. The molecular weight excluding hydrogens is 458 g/mol. The number of nitrogens with zero attached hydrogens (tertiary/aromatic N) is 2. The van der Waals surface area contributed by atoms with Crippen molar-refractivity contribution in [2.24, 2.45) is 5.92 Å². The molecule has 5 nitrogen and oxygen atoms in total. The maximum atomic E-state index is 12.6. The van der Waals surface area contributed by atoms with E-state index < -0.39 is 0 Å². The number of piperazine rings is 1. The quantitative estimate of drug-likeness (QED) is 0.573. The van der Waals surface area contributed by atoms with E-state index in [1.807, 2.05) is 41.3 Å². The Morgan fingerprint density at radius 3 is 2.49 bits per heavy atom. The van der Waals surface area contributed by atoms with Crippen LogP contribution in [0.25, 0.3) is 11.3 Å². The van der Waals surface area contributed by atoms with E-state index in [1.165, 1.54) is 21.6 Å². The number of amides is 2. The average molecular weight is 490 g/mol. The third-order valence-corrected chi connectivity index (χ3v) is 7.30. The lowest BCUT2D eigenvalue weighted by molar-refractivity contribution is 0.143. The molecule has 1 atom stereocenters. The summed E-state index contributed by atoms with van der Waals surface area (Å²) in [5.74, 6) is 2.26. The van der Waals surface area contributed by atoms with Crippen LogP contribution < -0.4 is 20.5 Å². The summed E-state index contributed by atoms with van der Waals surface area (Å²) in [6, 6.07) is 26.6. The summed E-state index contributed by atoms with van der Waals surface area (Å²) in [6.07, 6.45) is 9.61. The van der Waals surface area contributed by atoms with Crippen LogP contribution in [0.15, 0.2) is 103 Å². The number of rotatable bonds is 5. The van der Waals surface area contributed by atoms with Crippen LogP contribution in [0.4, 0.5) is 10.5 Å². The van der Waals surface area contributed by atoms with E-state index in [9.17, 15) is 4.79 Å². The van der Waals surface area contributed by atoms with E-state index in [1.54, 1.807) is 0 Å². The molecule has 3 aliphatic rings. The van der Waals surface area contributed by atoms with Crippen LogP contribution in [0.5, 0.6) is 5.75 Å². The van der Waals surface area contributed by atoms with Gasteiger partial charge in [-0.15, -0.1) is 0 Å². The molecule has 37 heavy (non-hydrogen) atoms. The Labute approximate surface area is 217 Å². The number of ether oxygens (including phenoxy) is 1. The molecule has 186 valence electrons. The second-order valence-electron chi connectivity index (χ2n) is 9.79. The molecular formula is C32H31N3O2. The lowest BCUT2D eigenvalue weighted by Gasteiger charge is -2.34. The number of hydrogen-bond acceptors (Lipinski definition) is 3. The monoisotopic (exact) mass is 489 g/mol. The lowest BCUT2D eigenvalue weighted by atomic mass is 9.85. The Morgan fingerprint density at radius 1 is 0.865 bits per heavy atom. The van der Waals surface area contributed by atoms with E-state index in [0.717, 1.165) is 43.3 Å². The molecule has 5 heteroatoms. The summed E-state index contributed by atoms with van der Waals surface area (Å²) in [7, 11) is 0. The van der Waals surface area contributed by atoms with Crippen LogP contribution in [0.1, 0.15) is 12.0 Å². The molecule has 1 heterocycles. The number of urea groups is 1. The summed E-state index contributed by atoms with van der Waals surface area (Å²) < 4.78 is 6.53. The van der Waals surface area contributed by atoms with Gasteiger partial charge in [-0.3, -0.25) is 4.90 Å². The number of carbonyl (C=O) groups is 1. The molecule has 3 aromatic carbocycles. The molecule has 0 radical (unpaired) electrons. The first-order chi connectivity index (χ1) is 18.2. The zero-order chi connectivity index (χ0) is 25.0. The van der Waals surface area contributed by atoms with Gasteiger partial charge in [0.05, 0.1) is 0 Å². The van der Waals surface area contributed by atoms with E-state index in [0.29, 0.717) is 19.0 Å². The van der Waals surface area contributed by atoms with Gasteiger partial charge in [0, 0.05) is 56.0 Å². The normalized spacial score (nSPS) is 18.8. The minimum absolute atomic E-state index is 0.0326. The van der Waals surface area contributed by atoms with Crippen LogP contribution in [-0.4, -0.2) is 42.0 Å². The summed E-state index contributed by atoms with van der Waals surface area (Å²) >= 11 is 0. The largest absolute Gasteiger partial charge is 0.461 e. The number of allylic oxidation sites excluding steroid dienone is 4. The highest BCUT2D eigenvalue weighted by atomic mass is 16.5. The fourth-order valence-electron chi connectivity index (χ4n) is 5.38. The van der Waals surface area contributed by atoms with Crippen LogP contribution in [-0.2, 0) is 6.54 Å². The van der Waals surface area contributed by atoms with Gasteiger partial charge >= 0.3 is 6.03 Å². The first-order valence-electron chi connectivity index (χ1n) is 13.0. The molecule has 1 aliphatic heterocycles. The van der Waals surface area contributed by atoms with Gasteiger partial charge in [-0.05, 0) is 40.6 Å². The summed E-state index contributed by atoms with van der Waals surface area (Å²) in [5.41, 5.74) is 3.42. The predicted octanol–water partition coefficient (Wildman–Crippen LogP) is 4.52. The SMILES string of the molecule is O=C(Nc1ccccc1)N1CCN(Cc2cccc(OC3=c4ccccc4=C4C=CC=CC4C3)c2)CC1. The number of anilines is 1. The van der Waals surface area contributed by atoms with Gasteiger partial charge < -0.3 is 15.0 Å². The van der Waals surface area contributed by atoms with Crippen molar-refractivity contribution < 1.29 is 9.53 Å². The molecule has 0 aromatic heterocycles. The Morgan fingerprint density at radius 2 is 1.65 bits per heavy atom. The fourth-order valence-corrected chi connectivity index (χ4v) is 5.38. The number of nitrogens with one attached hydrogen (secondary N) is 1. The van der Waals surface area contributed by atoms with Crippen LogP contribution >= 0.6 is 0 Å². The van der Waals surface area contributed by atoms with Crippen molar-refractivity contribution in [3.05, 3.63) is 119 Å². The smallest absolute Gasteiger partial charge is 0.321 e. The minimum Gasteiger partial charge on any atom is -0.461 e. The van der Waals surface area contributed by atoms with E-state index in [-0.39, 0.29) is 6.03 Å². The second kappa shape index (κ2) is 10.5. The first kappa shape index (κ1) is 23.3. The van der Waals surface area contributed by atoms with Crippen molar-refractivity contribution in [3.63, 3.8) is 0 Å². The Hall–Kier alpha value is -4.09. The zero-order valence-corrected chi connectivity index (χ0v) is 20.8.